The van der Waals surface area contributed by atoms with Crippen molar-refractivity contribution in [2.24, 2.45) is 5.92 Å². The van der Waals surface area contributed by atoms with E-state index in [1.54, 1.807) is 19.9 Å². The van der Waals surface area contributed by atoms with Crippen molar-refractivity contribution in [3.8, 4) is 5.75 Å². The molecule has 0 bridgehead atoms. The van der Waals surface area contributed by atoms with Crippen LogP contribution in [0, 0.1) is 11.7 Å². The molecule has 0 aliphatic heterocycles. The first-order valence-corrected chi connectivity index (χ1v) is 7.79. The summed E-state index contributed by atoms with van der Waals surface area (Å²) in [6.07, 6.45) is 2.04. The minimum absolute atomic E-state index is 0.260. The van der Waals surface area contributed by atoms with E-state index in [9.17, 15) is 19.1 Å². The Kier molecular flexibility index (Phi) is 5.23. The number of halogens is 1. The third kappa shape index (κ3) is 4.21. The fraction of sp³-hybridized carbons (Fsp3) is 0.529. The molecule has 3 atom stereocenters. The minimum atomic E-state index is -0.897. The van der Waals surface area contributed by atoms with Gasteiger partial charge in [0, 0.05) is 6.07 Å². The fourth-order valence-electron chi connectivity index (χ4n) is 3.06. The van der Waals surface area contributed by atoms with Crippen LogP contribution in [0.25, 0.3) is 0 Å². The molecular weight excluding hydrogens is 301 g/mol. The number of rotatable bonds is 5. The molecule has 0 radical (unpaired) electrons. The molecule has 0 saturated heterocycles. The third-order valence-corrected chi connectivity index (χ3v) is 4.39. The van der Waals surface area contributed by atoms with Crippen molar-refractivity contribution in [2.75, 3.05) is 0 Å². The predicted molar refractivity (Wildman–Crippen MR) is 82.6 cm³/mol. The largest absolute Gasteiger partial charge is 0.481 e. The average Bonchev–Trinajstić information content (AvgIpc) is 2.46. The van der Waals surface area contributed by atoms with Crippen LogP contribution in [-0.2, 0) is 9.59 Å². The molecule has 126 valence electrons. The number of ether oxygens (including phenoxy) is 1. The molecule has 2 N–H and O–H groups in total. The second kappa shape index (κ2) is 6.98. The van der Waals surface area contributed by atoms with Gasteiger partial charge in [-0.1, -0.05) is 18.9 Å². The van der Waals surface area contributed by atoms with Crippen molar-refractivity contribution in [1.29, 1.82) is 0 Å². The second-order valence-corrected chi connectivity index (χ2v) is 6.26. The molecule has 0 spiro atoms. The molecule has 1 saturated carbocycles. The van der Waals surface area contributed by atoms with E-state index >= 15 is 0 Å². The summed E-state index contributed by atoms with van der Waals surface area (Å²) in [6, 6.07) is 5.55. The SMILES string of the molecule is CC(Oc1cccc(F)c1)C(=O)NC1(C)CCCCC1C(=O)O. The lowest BCUT2D eigenvalue weighted by Gasteiger charge is -2.40. The highest BCUT2D eigenvalue weighted by Crippen LogP contribution is 2.34. The van der Waals surface area contributed by atoms with Crippen molar-refractivity contribution in [2.45, 2.75) is 51.2 Å². The van der Waals surface area contributed by atoms with E-state index in [2.05, 4.69) is 5.32 Å². The average molecular weight is 323 g/mol. The van der Waals surface area contributed by atoms with Crippen molar-refractivity contribution in [3.05, 3.63) is 30.1 Å². The van der Waals surface area contributed by atoms with Gasteiger partial charge in [0.05, 0.1) is 11.5 Å². The predicted octanol–water partition coefficient (Wildman–Crippen LogP) is 2.74. The molecule has 0 aromatic heterocycles. The number of carbonyl (C=O) groups is 2. The first-order chi connectivity index (χ1) is 10.8. The molecule has 23 heavy (non-hydrogen) atoms. The maximum Gasteiger partial charge on any atom is 0.308 e. The van der Waals surface area contributed by atoms with E-state index in [1.807, 2.05) is 0 Å². The summed E-state index contributed by atoms with van der Waals surface area (Å²) in [7, 11) is 0. The molecule has 1 aromatic rings. The molecule has 2 rings (SSSR count). The molecule has 1 aromatic carbocycles. The first-order valence-electron chi connectivity index (χ1n) is 7.79. The lowest BCUT2D eigenvalue weighted by molar-refractivity contribution is -0.147. The van der Waals surface area contributed by atoms with E-state index in [0.717, 1.165) is 12.8 Å². The maximum atomic E-state index is 13.1. The molecule has 6 heteroatoms. The zero-order valence-electron chi connectivity index (χ0n) is 13.3. The Labute approximate surface area is 134 Å². The number of hydrogen-bond acceptors (Lipinski definition) is 3. The summed E-state index contributed by atoms with van der Waals surface area (Å²) >= 11 is 0. The summed E-state index contributed by atoms with van der Waals surface area (Å²) in [6.45, 7) is 3.32. The molecule has 3 unspecified atom stereocenters. The topological polar surface area (TPSA) is 75.6 Å². The lowest BCUT2D eigenvalue weighted by atomic mass is 9.74. The summed E-state index contributed by atoms with van der Waals surface area (Å²) in [5, 5.41) is 12.2. The second-order valence-electron chi connectivity index (χ2n) is 6.26. The number of nitrogens with one attached hydrogen (secondary N) is 1. The zero-order valence-corrected chi connectivity index (χ0v) is 13.3. The van der Waals surface area contributed by atoms with Crippen LogP contribution in [0.1, 0.15) is 39.5 Å². The molecule has 5 nitrogen and oxygen atoms in total. The highest BCUT2D eigenvalue weighted by Gasteiger charge is 2.42. The number of hydrogen-bond donors (Lipinski definition) is 2. The van der Waals surface area contributed by atoms with Crippen LogP contribution in [0.2, 0.25) is 0 Å². The van der Waals surface area contributed by atoms with Gasteiger partial charge in [0.1, 0.15) is 11.6 Å². The van der Waals surface area contributed by atoms with Gasteiger partial charge in [0.15, 0.2) is 6.10 Å². The minimum Gasteiger partial charge on any atom is -0.481 e. The van der Waals surface area contributed by atoms with Gasteiger partial charge in [-0.2, -0.15) is 0 Å². The zero-order chi connectivity index (χ0) is 17.0. The van der Waals surface area contributed by atoms with Crippen LogP contribution in [0.15, 0.2) is 24.3 Å². The van der Waals surface area contributed by atoms with Crippen LogP contribution in [0.5, 0.6) is 5.75 Å². The quantitative estimate of drug-likeness (QED) is 0.873. The van der Waals surface area contributed by atoms with Crippen molar-refractivity contribution >= 4 is 11.9 Å². The summed E-state index contributed by atoms with van der Waals surface area (Å²) in [5.41, 5.74) is -0.791. The first kappa shape index (κ1) is 17.2. The van der Waals surface area contributed by atoms with E-state index in [1.165, 1.54) is 18.2 Å². The van der Waals surface area contributed by atoms with Gasteiger partial charge in [-0.15, -0.1) is 0 Å². The van der Waals surface area contributed by atoms with Gasteiger partial charge in [-0.05, 0) is 38.8 Å². The molecular formula is C17H22FNO4. The number of carboxylic acids is 1. The van der Waals surface area contributed by atoms with Gasteiger partial charge >= 0.3 is 5.97 Å². The van der Waals surface area contributed by atoms with Crippen LogP contribution < -0.4 is 10.1 Å². The van der Waals surface area contributed by atoms with Gasteiger partial charge in [-0.3, -0.25) is 9.59 Å². The van der Waals surface area contributed by atoms with Crippen LogP contribution in [0.3, 0.4) is 0 Å². The third-order valence-electron chi connectivity index (χ3n) is 4.39. The summed E-state index contributed by atoms with van der Waals surface area (Å²) in [5.74, 6) is -2.09. The van der Waals surface area contributed by atoms with E-state index in [0.29, 0.717) is 12.8 Å². The van der Waals surface area contributed by atoms with Crippen LogP contribution in [-0.4, -0.2) is 28.6 Å². The Bertz CT molecular complexity index is 592. The Hall–Kier alpha value is -2.11. The number of benzene rings is 1. The Morgan fingerprint density at radius 2 is 2.17 bits per heavy atom. The smallest absolute Gasteiger partial charge is 0.308 e. The van der Waals surface area contributed by atoms with Gasteiger partial charge in [-0.25, -0.2) is 4.39 Å². The molecule has 1 aliphatic rings. The van der Waals surface area contributed by atoms with E-state index in [-0.39, 0.29) is 5.75 Å². The number of carbonyl (C=O) groups excluding carboxylic acids is 1. The van der Waals surface area contributed by atoms with Crippen molar-refractivity contribution in [1.82, 2.24) is 5.32 Å². The Balaban J connectivity index is 2.03. The Morgan fingerprint density at radius 1 is 1.43 bits per heavy atom. The molecule has 0 heterocycles. The van der Waals surface area contributed by atoms with Gasteiger partial charge < -0.3 is 15.2 Å². The summed E-state index contributed by atoms with van der Waals surface area (Å²) < 4.78 is 18.6. The van der Waals surface area contributed by atoms with Crippen molar-refractivity contribution < 1.29 is 23.8 Å². The molecule has 1 amide bonds. The summed E-state index contributed by atoms with van der Waals surface area (Å²) in [4.78, 5) is 23.8. The maximum absolute atomic E-state index is 13.1. The lowest BCUT2D eigenvalue weighted by Crippen LogP contribution is -2.57. The number of carboxylic acid groups (broad SMARTS) is 1. The normalized spacial score (nSPS) is 25.4. The van der Waals surface area contributed by atoms with E-state index < -0.39 is 35.3 Å². The Morgan fingerprint density at radius 3 is 2.83 bits per heavy atom. The van der Waals surface area contributed by atoms with Crippen LogP contribution >= 0.6 is 0 Å². The highest BCUT2D eigenvalue weighted by atomic mass is 19.1. The van der Waals surface area contributed by atoms with Gasteiger partial charge in [0.2, 0.25) is 0 Å². The van der Waals surface area contributed by atoms with Gasteiger partial charge in [0.25, 0.3) is 5.91 Å². The molecule has 1 fully saturated rings. The molecule has 1 aliphatic carbocycles. The number of amides is 1. The monoisotopic (exact) mass is 323 g/mol. The van der Waals surface area contributed by atoms with Crippen molar-refractivity contribution in [3.63, 3.8) is 0 Å². The standard InChI is InChI=1S/C17H22FNO4/c1-11(23-13-7-5-6-12(18)10-13)15(20)19-17(2)9-4-3-8-14(17)16(21)22/h5-7,10-11,14H,3-4,8-9H2,1-2H3,(H,19,20)(H,21,22). The highest BCUT2D eigenvalue weighted by molar-refractivity contribution is 5.83. The number of aliphatic carboxylic acids is 1. The van der Waals surface area contributed by atoms with E-state index in [4.69, 9.17) is 4.74 Å². The van der Waals surface area contributed by atoms with Crippen LogP contribution in [0.4, 0.5) is 4.39 Å². The fourth-order valence-corrected chi connectivity index (χ4v) is 3.06.